The van der Waals surface area contributed by atoms with Crippen molar-refractivity contribution in [1.29, 1.82) is 0 Å². The number of aliphatic imine (C=N–C) groups is 3. The van der Waals surface area contributed by atoms with E-state index in [0.29, 0.717) is 39.1 Å². The first-order valence-electron chi connectivity index (χ1n) is 9.71. The van der Waals surface area contributed by atoms with E-state index < -0.39 is 0 Å². The summed E-state index contributed by atoms with van der Waals surface area (Å²) in [7, 11) is 11.2. The molecule has 0 N–H and O–H groups in total. The SMILES string of the molecule is CN(C)C=Nc1nc(N=CN(C)C)c2nc(-c3ccccc3Cl)c(N=CN(C)C)nc2n1. The number of hydrogen-bond donors (Lipinski definition) is 0. The standard InChI is InChI=1S/C21H25ClN10/c1-30(2)11-23-18-16(14-9-7-8-10-15(14)22)26-17-19(24-12-31(3)4)28-21(25-13-32(5)6)29-20(17)27-18/h7-13H,1-6H3. The van der Waals surface area contributed by atoms with Crippen LogP contribution < -0.4 is 0 Å². The lowest BCUT2D eigenvalue weighted by Crippen LogP contribution is -2.08. The van der Waals surface area contributed by atoms with Crippen LogP contribution in [0, 0.1) is 0 Å². The van der Waals surface area contributed by atoms with Gasteiger partial charge in [0.15, 0.2) is 22.8 Å². The zero-order chi connectivity index (χ0) is 23.3. The van der Waals surface area contributed by atoms with Gasteiger partial charge >= 0.3 is 0 Å². The van der Waals surface area contributed by atoms with Crippen LogP contribution in [0.3, 0.4) is 0 Å². The minimum absolute atomic E-state index is 0.222. The Morgan fingerprint density at radius 1 is 0.719 bits per heavy atom. The van der Waals surface area contributed by atoms with Crippen LogP contribution in [0.4, 0.5) is 17.6 Å². The van der Waals surface area contributed by atoms with Crippen molar-refractivity contribution in [1.82, 2.24) is 34.6 Å². The highest BCUT2D eigenvalue weighted by Gasteiger charge is 2.17. The molecule has 0 aliphatic carbocycles. The van der Waals surface area contributed by atoms with Gasteiger partial charge in [0.2, 0.25) is 0 Å². The quantitative estimate of drug-likeness (QED) is 0.400. The summed E-state index contributed by atoms with van der Waals surface area (Å²) in [5.41, 5.74) is 1.96. The summed E-state index contributed by atoms with van der Waals surface area (Å²) in [4.78, 5) is 37.0. The second-order valence-corrected chi connectivity index (χ2v) is 7.93. The maximum absolute atomic E-state index is 6.46. The summed E-state index contributed by atoms with van der Waals surface area (Å²) in [5.74, 6) is 0.945. The van der Waals surface area contributed by atoms with Gasteiger partial charge in [0.25, 0.3) is 5.95 Å². The van der Waals surface area contributed by atoms with E-state index >= 15 is 0 Å². The van der Waals surface area contributed by atoms with Gasteiger partial charge in [-0.25, -0.2) is 24.9 Å². The molecule has 0 atom stereocenters. The molecule has 3 aromatic rings. The summed E-state index contributed by atoms with van der Waals surface area (Å²) in [6, 6.07) is 7.40. The smallest absolute Gasteiger partial charge is 0.255 e. The molecule has 0 amide bonds. The largest absolute Gasteiger partial charge is 0.369 e. The van der Waals surface area contributed by atoms with E-state index in [-0.39, 0.29) is 5.95 Å². The molecule has 32 heavy (non-hydrogen) atoms. The first-order chi connectivity index (χ1) is 15.2. The first kappa shape index (κ1) is 23.0. The Morgan fingerprint density at radius 3 is 1.94 bits per heavy atom. The second kappa shape index (κ2) is 10.1. The molecular weight excluding hydrogens is 428 g/mol. The number of fused-ring (bicyclic) bond motifs is 1. The Labute approximate surface area is 192 Å². The van der Waals surface area contributed by atoms with Crippen LogP contribution in [0.1, 0.15) is 0 Å². The van der Waals surface area contributed by atoms with Crippen molar-refractivity contribution >= 4 is 59.4 Å². The average molecular weight is 453 g/mol. The normalized spacial score (nSPS) is 11.8. The molecule has 0 saturated carbocycles. The Bertz CT molecular complexity index is 1180. The van der Waals surface area contributed by atoms with E-state index in [1.54, 1.807) is 34.9 Å². The molecule has 3 rings (SSSR count). The lowest BCUT2D eigenvalue weighted by atomic mass is 10.1. The number of rotatable bonds is 7. The molecule has 0 aliphatic heterocycles. The van der Waals surface area contributed by atoms with Gasteiger partial charge in [-0.15, -0.1) is 0 Å². The van der Waals surface area contributed by atoms with Gasteiger partial charge in [0.1, 0.15) is 5.69 Å². The minimum atomic E-state index is 0.222. The highest BCUT2D eigenvalue weighted by atomic mass is 35.5. The van der Waals surface area contributed by atoms with Crippen LogP contribution in [0.15, 0.2) is 39.2 Å². The molecule has 1 aromatic carbocycles. The van der Waals surface area contributed by atoms with Gasteiger partial charge in [-0.3, -0.25) is 0 Å². The molecule has 166 valence electrons. The Kier molecular flexibility index (Phi) is 7.26. The van der Waals surface area contributed by atoms with Gasteiger partial charge in [-0.1, -0.05) is 29.8 Å². The summed E-state index contributed by atoms with van der Waals surface area (Å²) < 4.78 is 0. The number of halogens is 1. The van der Waals surface area contributed by atoms with E-state index in [1.807, 2.05) is 65.4 Å². The third kappa shape index (κ3) is 5.73. The molecule has 0 radical (unpaired) electrons. The van der Waals surface area contributed by atoms with Crippen LogP contribution in [0.25, 0.3) is 22.4 Å². The zero-order valence-electron chi connectivity index (χ0n) is 18.9. The maximum Gasteiger partial charge on any atom is 0.255 e. The first-order valence-corrected chi connectivity index (χ1v) is 10.1. The molecule has 10 nitrogen and oxygen atoms in total. The molecule has 0 unspecified atom stereocenters. The lowest BCUT2D eigenvalue weighted by molar-refractivity contribution is 0.642. The fraction of sp³-hybridized carbons (Fsp3) is 0.286. The predicted molar refractivity (Wildman–Crippen MR) is 131 cm³/mol. The molecule has 0 aliphatic rings. The number of aromatic nitrogens is 4. The molecular formula is C21H25ClN10. The highest BCUT2D eigenvalue weighted by Crippen LogP contribution is 2.35. The van der Waals surface area contributed by atoms with Crippen molar-refractivity contribution < 1.29 is 0 Å². The van der Waals surface area contributed by atoms with E-state index in [1.165, 1.54) is 0 Å². The molecule has 0 saturated heterocycles. The van der Waals surface area contributed by atoms with Crippen molar-refractivity contribution in [3.8, 4) is 11.3 Å². The van der Waals surface area contributed by atoms with Crippen molar-refractivity contribution in [2.24, 2.45) is 15.0 Å². The summed E-state index contributed by atoms with van der Waals surface area (Å²) >= 11 is 6.46. The third-order valence-electron chi connectivity index (χ3n) is 3.84. The maximum atomic E-state index is 6.46. The zero-order valence-corrected chi connectivity index (χ0v) is 19.6. The lowest BCUT2D eigenvalue weighted by Gasteiger charge is -2.11. The molecule has 0 fully saturated rings. The molecule has 2 aromatic heterocycles. The van der Waals surface area contributed by atoms with Gasteiger partial charge < -0.3 is 14.7 Å². The minimum Gasteiger partial charge on any atom is -0.369 e. The molecule has 0 spiro atoms. The predicted octanol–water partition coefficient (Wildman–Crippen LogP) is 3.40. The van der Waals surface area contributed by atoms with Crippen molar-refractivity contribution in [2.45, 2.75) is 0 Å². The van der Waals surface area contributed by atoms with Gasteiger partial charge in [0, 0.05) is 47.8 Å². The van der Waals surface area contributed by atoms with Gasteiger partial charge in [-0.2, -0.15) is 9.97 Å². The molecule has 11 heteroatoms. The third-order valence-corrected chi connectivity index (χ3v) is 4.17. The second-order valence-electron chi connectivity index (χ2n) is 7.52. The van der Waals surface area contributed by atoms with E-state index in [9.17, 15) is 0 Å². The fourth-order valence-electron chi connectivity index (χ4n) is 2.49. The van der Waals surface area contributed by atoms with Crippen molar-refractivity contribution in [3.05, 3.63) is 29.3 Å². The topological polar surface area (TPSA) is 98.4 Å². The number of hydrogen-bond acceptors (Lipinski definition) is 7. The summed E-state index contributed by atoms with van der Waals surface area (Å²) in [5, 5.41) is 0.536. The van der Waals surface area contributed by atoms with Crippen LogP contribution in [-0.4, -0.2) is 95.9 Å². The van der Waals surface area contributed by atoms with Crippen LogP contribution in [-0.2, 0) is 0 Å². The molecule has 2 heterocycles. The van der Waals surface area contributed by atoms with Crippen molar-refractivity contribution in [2.75, 3.05) is 42.3 Å². The van der Waals surface area contributed by atoms with Crippen LogP contribution in [0.5, 0.6) is 0 Å². The monoisotopic (exact) mass is 452 g/mol. The van der Waals surface area contributed by atoms with Crippen LogP contribution in [0.2, 0.25) is 5.02 Å². The summed E-state index contributed by atoms with van der Waals surface area (Å²) in [6.45, 7) is 0. The van der Waals surface area contributed by atoms with Gasteiger partial charge in [0.05, 0.1) is 24.0 Å². The Morgan fingerprint density at radius 2 is 1.31 bits per heavy atom. The Balaban J connectivity index is 2.32. The van der Waals surface area contributed by atoms with Gasteiger partial charge in [-0.05, 0) is 6.07 Å². The molecule has 0 bridgehead atoms. The average Bonchev–Trinajstić information content (AvgIpc) is 2.74. The number of benzene rings is 1. The van der Waals surface area contributed by atoms with Crippen LogP contribution >= 0.6 is 11.6 Å². The highest BCUT2D eigenvalue weighted by molar-refractivity contribution is 6.33. The van der Waals surface area contributed by atoms with E-state index in [4.69, 9.17) is 16.6 Å². The fourth-order valence-corrected chi connectivity index (χ4v) is 2.72. The van der Waals surface area contributed by atoms with Crippen molar-refractivity contribution in [3.63, 3.8) is 0 Å². The Hall–Kier alpha value is -3.66. The van der Waals surface area contributed by atoms with E-state index in [0.717, 1.165) is 0 Å². The van der Waals surface area contributed by atoms with E-state index in [2.05, 4.69) is 29.9 Å². The number of nitrogens with zero attached hydrogens (tertiary/aromatic N) is 10. The summed E-state index contributed by atoms with van der Waals surface area (Å²) in [6.07, 6.45) is 4.89.